The van der Waals surface area contributed by atoms with Crippen molar-refractivity contribution in [3.05, 3.63) is 12.7 Å². The molecule has 6 heavy (non-hydrogen) atoms. The minimum absolute atomic E-state index is 0.423. The van der Waals surface area contributed by atoms with Crippen molar-refractivity contribution in [3.8, 4) is 11.8 Å². The third kappa shape index (κ3) is 3.26. The van der Waals surface area contributed by atoms with Crippen LogP contribution in [-0.4, -0.2) is 6.54 Å². The molecule has 32 valence electrons. The molecule has 0 aromatic rings. The Morgan fingerprint density at radius 3 is 2.67 bits per heavy atom. The second-order valence-electron chi connectivity index (χ2n) is 0.729. The maximum Gasteiger partial charge on any atom is 0.0554 e. The Morgan fingerprint density at radius 1 is 1.83 bits per heavy atom. The van der Waals surface area contributed by atoms with Gasteiger partial charge < -0.3 is 5.73 Å². The van der Waals surface area contributed by atoms with Gasteiger partial charge in [-0.2, -0.15) is 0 Å². The predicted octanol–water partition coefficient (Wildman–Crippen LogP) is 0.135. The first-order chi connectivity index (χ1) is 2.91. The predicted molar refractivity (Wildman–Crippen MR) is 27.0 cm³/mol. The highest BCUT2D eigenvalue weighted by atomic mass is 14.5. The van der Waals surface area contributed by atoms with Crippen molar-refractivity contribution in [1.29, 1.82) is 0 Å². The molecule has 0 bridgehead atoms. The molecule has 0 aromatic carbocycles. The second kappa shape index (κ2) is 4.26. The monoisotopic (exact) mass is 81.1 g/mol. The van der Waals surface area contributed by atoms with E-state index in [9.17, 15) is 0 Å². The van der Waals surface area contributed by atoms with Crippen LogP contribution >= 0.6 is 0 Å². The highest BCUT2D eigenvalue weighted by Crippen LogP contribution is 1.50. The fraction of sp³-hybridized carbons (Fsp3) is 0.200. The zero-order chi connectivity index (χ0) is 4.83. The summed E-state index contributed by atoms with van der Waals surface area (Å²) in [6, 6.07) is 0. The van der Waals surface area contributed by atoms with Crippen molar-refractivity contribution in [2.24, 2.45) is 5.73 Å². The van der Waals surface area contributed by atoms with Gasteiger partial charge in [-0.05, 0) is 6.08 Å². The van der Waals surface area contributed by atoms with Crippen LogP contribution in [0, 0.1) is 11.8 Å². The van der Waals surface area contributed by atoms with E-state index in [-0.39, 0.29) is 0 Å². The summed E-state index contributed by atoms with van der Waals surface area (Å²) in [5.41, 5.74) is 4.99. The molecule has 1 nitrogen and oxygen atoms in total. The minimum atomic E-state index is 0.423. The van der Waals surface area contributed by atoms with E-state index >= 15 is 0 Å². The molecule has 0 radical (unpaired) electrons. The van der Waals surface area contributed by atoms with Gasteiger partial charge in [0.1, 0.15) is 0 Å². The molecule has 0 rings (SSSR count). The second-order valence-corrected chi connectivity index (χ2v) is 0.729. The SMILES string of the molecule is C=CC#CCN. The van der Waals surface area contributed by atoms with Crippen molar-refractivity contribution >= 4 is 0 Å². The summed E-state index contributed by atoms with van der Waals surface area (Å²) >= 11 is 0. The molecular weight excluding hydrogens is 74.1 g/mol. The first kappa shape index (κ1) is 5.26. The van der Waals surface area contributed by atoms with Gasteiger partial charge in [0.25, 0.3) is 0 Å². The summed E-state index contributed by atoms with van der Waals surface area (Å²) in [4.78, 5) is 0. The van der Waals surface area contributed by atoms with Crippen LogP contribution < -0.4 is 5.73 Å². The summed E-state index contributed by atoms with van der Waals surface area (Å²) in [5, 5.41) is 0. The van der Waals surface area contributed by atoms with Gasteiger partial charge in [-0.15, -0.1) is 0 Å². The van der Waals surface area contributed by atoms with E-state index in [4.69, 9.17) is 5.73 Å². The van der Waals surface area contributed by atoms with Gasteiger partial charge in [0.05, 0.1) is 6.54 Å². The van der Waals surface area contributed by atoms with Gasteiger partial charge in [-0.1, -0.05) is 18.4 Å². The van der Waals surface area contributed by atoms with Gasteiger partial charge in [0, 0.05) is 0 Å². The first-order valence-electron chi connectivity index (χ1n) is 1.71. The molecule has 0 aliphatic heterocycles. The first-order valence-corrected chi connectivity index (χ1v) is 1.71. The summed E-state index contributed by atoms with van der Waals surface area (Å²) in [6.07, 6.45) is 1.52. The lowest BCUT2D eigenvalue weighted by atomic mass is 10.6. The van der Waals surface area contributed by atoms with Crippen molar-refractivity contribution in [3.63, 3.8) is 0 Å². The van der Waals surface area contributed by atoms with Crippen LogP contribution in [-0.2, 0) is 0 Å². The quantitative estimate of drug-likeness (QED) is 0.412. The van der Waals surface area contributed by atoms with Crippen molar-refractivity contribution < 1.29 is 0 Å². The Balaban J connectivity index is 3.13. The number of hydrogen-bond donors (Lipinski definition) is 1. The molecule has 0 aromatic heterocycles. The van der Waals surface area contributed by atoms with Crippen LogP contribution in [0.25, 0.3) is 0 Å². The summed E-state index contributed by atoms with van der Waals surface area (Å²) in [6.45, 7) is 3.79. The molecule has 0 saturated carbocycles. The van der Waals surface area contributed by atoms with E-state index < -0.39 is 0 Å². The third-order valence-corrected chi connectivity index (χ3v) is 0.306. The van der Waals surface area contributed by atoms with Crippen molar-refractivity contribution in [2.75, 3.05) is 6.54 Å². The molecule has 0 heterocycles. The van der Waals surface area contributed by atoms with Crippen LogP contribution in [0.2, 0.25) is 0 Å². The summed E-state index contributed by atoms with van der Waals surface area (Å²) in [5.74, 6) is 5.19. The van der Waals surface area contributed by atoms with Crippen molar-refractivity contribution in [2.45, 2.75) is 0 Å². The van der Waals surface area contributed by atoms with Crippen LogP contribution in [0.5, 0.6) is 0 Å². The average Bonchev–Trinajstić information content (AvgIpc) is 1.61. The Bertz CT molecular complexity index is 83.8. The molecule has 0 amide bonds. The molecule has 0 aliphatic rings. The molecule has 0 atom stereocenters. The van der Waals surface area contributed by atoms with Crippen LogP contribution in [0.15, 0.2) is 12.7 Å². The zero-order valence-electron chi connectivity index (χ0n) is 3.57. The molecule has 2 N–H and O–H groups in total. The van der Waals surface area contributed by atoms with E-state index in [1.165, 1.54) is 6.08 Å². The molecule has 0 aliphatic carbocycles. The summed E-state index contributed by atoms with van der Waals surface area (Å²) in [7, 11) is 0. The van der Waals surface area contributed by atoms with Gasteiger partial charge >= 0.3 is 0 Å². The normalized spacial score (nSPS) is 5.50. The Kier molecular flexibility index (Phi) is 3.73. The van der Waals surface area contributed by atoms with Crippen molar-refractivity contribution in [1.82, 2.24) is 0 Å². The standard InChI is InChI=1S/C5H7N/c1-2-3-4-5-6/h2H,1,5-6H2. The number of nitrogens with two attached hydrogens (primary N) is 1. The van der Waals surface area contributed by atoms with Gasteiger partial charge in [-0.3, -0.25) is 0 Å². The maximum absolute atomic E-state index is 4.99. The third-order valence-electron chi connectivity index (χ3n) is 0.306. The van der Waals surface area contributed by atoms with Crippen LogP contribution in [0.4, 0.5) is 0 Å². The van der Waals surface area contributed by atoms with Crippen LogP contribution in [0.3, 0.4) is 0 Å². The Hall–Kier alpha value is -0.740. The highest BCUT2D eigenvalue weighted by molar-refractivity contribution is 5.12. The lowest BCUT2D eigenvalue weighted by Crippen LogP contribution is -1.92. The topological polar surface area (TPSA) is 26.0 Å². The largest absolute Gasteiger partial charge is 0.320 e. The van der Waals surface area contributed by atoms with E-state index in [1.807, 2.05) is 0 Å². The van der Waals surface area contributed by atoms with E-state index in [0.29, 0.717) is 6.54 Å². The van der Waals surface area contributed by atoms with E-state index in [0.717, 1.165) is 0 Å². The highest BCUT2D eigenvalue weighted by Gasteiger charge is 1.50. The van der Waals surface area contributed by atoms with Gasteiger partial charge in [-0.25, -0.2) is 0 Å². The van der Waals surface area contributed by atoms with Gasteiger partial charge in [0.2, 0.25) is 0 Å². The zero-order valence-corrected chi connectivity index (χ0v) is 3.57. The Morgan fingerprint density at radius 2 is 2.50 bits per heavy atom. The van der Waals surface area contributed by atoms with E-state index in [1.54, 1.807) is 0 Å². The molecule has 0 fully saturated rings. The van der Waals surface area contributed by atoms with Gasteiger partial charge in [0.15, 0.2) is 0 Å². The summed E-state index contributed by atoms with van der Waals surface area (Å²) < 4.78 is 0. The van der Waals surface area contributed by atoms with Crippen LogP contribution in [0.1, 0.15) is 0 Å². The fourth-order valence-corrected chi connectivity index (χ4v) is 0.131. The number of rotatable bonds is 0. The molecule has 0 saturated heterocycles. The molecule has 1 heteroatoms. The average molecular weight is 81.1 g/mol. The maximum atomic E-state index is 4.99. The number of hydrogen-bond acceptors (Lipinski definition) is 1. The molecular formula is C5H7N. The minimum Gasteiger partial charge on any atom is -0.320 e. The lowest BCUT2D eigenvalue weighted by Gasteiger charge is -1.62. The molecule has 0 unspecified atom stereocenters. The fourth-order valence-electron chi connectivity index (χ4n) is 0.131. The number of allylic oxidation sites excluding steroid dienone is 1. The Labute approximate surface area is 37.8 Å². The van der Waals surface area contributed by atoms with E-state index in [2.05, 4.69) is 18.4 Å². The smallest absolute Gasteiger partial charge is 0.0554 e. The molecule has 0 spiro atoms. The lowest BCUT2D eigenvalue weighted by molar-refractivity contribution is 1.30.